The van der Waals surface area contributed by atoms with E-state index in [9.17, 15) is 4.79 Å². The molecule has 4 rings (SSSR count). The van der Waals surface area contributed by atoms with Crippen molar-refractivity contribution in [2.45, 2.75) is 20.4 Å². The minimum atomic E-state index is -0.125. The van der Waals surface area contributed by atoms with Crippen molar-refractivity contribution in [3.8, 4) is 5.75 Å². The van der Waals surface area contributed by atoms with Gasteiger partial charge in [-0.15, -0.1) is 11.3 Å². The minimum absolute atomic E-state index is 0.125. The van der Waals surface area contributed by atoms with Gasteiger partial charge >= 0.3 is 0 Å². The molecular formula is C24H28N4O2S. The van der Waals surface area contributed by atoms with Gasteiger partial charge in [-0.1, -0.05) is 23.8 Å². The summed E-state index contributed by atoms with van der Waals surface area (Å²) in [7, 11) is 1.68. The van der Waals surface area contributed by atoms with Crippen LogP contribution in [0, 0.1) is 13.8 Å². The Labute approximate surface area is 187 Å². The number of rotatable bonds is 6. The van der Waals surface area contributed by atoms with Crippen LogP contribution in [0.15, 0.2) is 47.8 Å². The van der Waals surface area contributed by atoms with E-state index in [1.807, 2.05) is 17.5 Å². The molecule has 3 aromatic rings. The van der Waals surface area contributed by atoms with Crippen molar-refractivity contribution >= 4 is 28.1 Å². The molecule has 0 radical (unpaired) electrons. The smallest absolute Gasteiger partial charge is 0.271 e. The lowest BCUT2D eigenvalue weighted by molar-refractivity contribution is 0.0946. The first-order valence-electron chi connectivity index (χ1n) is 10.5. The molecule has 1 saturated heterocycles. The fraction of sp³-hybridized carbons (Fsp3) is 0.333. The number of hydrogen-bond acceptors (Lipinski definition) is 6. The standard InChI is InChI=1S/C24H28N4O2S/c1-17-4-5-18(2)19(14-17)15-25-23(29)22-16-31-24(26-22)28-12-10-27(11-13-28)20-6-8-21(30-3)9-7-20/h4-9,14,16H,10-13,15H2,1-3H3,(H,25,29). The van der Waals surface area contributed by atoms with Crippen LogP contribution in [-0.4, -0.2) is 44.2 Å². The number of carbonyl (C=O) groups is 1. The van der Waals surface area contributed by atoms with Crippen LogP contribution >= 0.6 is 11.3 Å². The van der Waals surface area contributed by atoms with Gasteiger partial charge in [0, 0.05) is 43.8 Å². The Morgan fingerprint density at radius 2 is 1.77 bits per heavy atom. The summed E-state index contributed by atoms with van der Waals surface area (Å²) in [6.07, 6.45) is 0. The van der Waals surface area contributed by atoms with Crippen LogP contribution in [0.2, 0.25) is 0 Å². The van der Waals surface area contributed by atoms with Crippen molar-refractivity contribution in [1.29, 1.82) is 0 Å². The minimum Gasteiger partial charge on any atom is -0.497 e. The van der Waals surface area contributed by atoms with Crippen LogP contribution in [0.5, 0.6) is 5.75 Å². The predicted octanol–water partition coefficient (Wildman–Crippen LogP) is 4.03. The van der Waals surface area contributed by atoms with E-state index < -0.39 is 0 Å². The normalized spacial score (nSPS) is 13.9. The fourth-order valence-electron chi connectivity index (χ4n) is 3.72. The highest BCUT2D eigenvalue weighted by molar-refractivity contribution is 7.13. The van der Waals surface area contributed by atoms with E-state index in [2.05, 4.69) is 64.3 Å². The molecule has 162 valence electrons. The summed E-state index contributed by atoms with van der Waals surface area (Å²) in [6.45, 7) is 8.23. The number of benzene rings is 2. The molecule has 1 aliphatic heterocycles. The van der Waals surface area contributed by atoms with Gasteiger partial charge in [-0.2, -0.15) is 0 Å². The van der Waals surface area contributed by atoms with Gasteiger partial charge in [-0.05, 0) is 49.2 Å². The molecule has 1 aliphatic rings. The second kappa shape index (κ2) is 9.39. The molecule has 1 amide bonds. The predicted molar refractivity (Wildman–Crippen MR) is 127 cm³/mol. The zero-order valence-corrected chi connectivity index (χ0v) is 19.0. The van der Waals surface area contributed by atoms with Gasteiger partial charge in [0.1, 0.15) is 11.4 Å². The molecule has 1 aromatic heterocycles. The van der Waals surface area contributed by atoms with Crippen molar-refractivity contribution in [3.05, 3.63) is 70.2 Å². The number of nitrogens with one attached hydrogen (secondary N) is 1. The SMILES string of the molecule is COc1ccc(N2CCN(c3nc(C(=O)NCc4cc(C)ccc4C)cs3)CC2)cc1. The Morgan fingerprint density at radius 1 is 1.06 bits per heavy atom. The molecule has 31 heavy (non-hydrogen) atoms. The fourth-order valence-corrected chi connectivity index (χ4v) is 4.58. The molecule has 2 heterocycles. The number of thiazole rings is 1. The van der Waals surface area contributed by atoms with Crippen molar-refractivity contribution in [2.75, 3.05) is 43.1 Å². The van der Waals surface area contributed by atoms with Crippen LogP contribution in [0.3, 0.4) is 0 Å². The highest BCUT2D eigenvalue weighted by Gasteiger charge is 2.21. The van der Waals surface area contributed by atoms with Gasteiger partial charge in [0.2, 0.25) is 0 Å². The Hall–Kier alpha value is -3.06. The van der Waals surface area contributed by atoms with Gasteiger partial charge in [0.05, 0.1) is 7.11 Å². The first kappa shape index (κ1) is 21.2. The third-order valence-electron chi connectivity index (χ3n) is 5.66. The summed E-state index contributed by atoms with van der Waals surface area (Å²) < 4.78 is 5.24. The third-order valence-corrected chi connectivity index (χ3v) is 6.56. The monoisotopic (exact) mass is 436 g/mol. The van der Waals surface area contributed by atoms with Crippen LogP contribution in [0.1, 0.15) is 27.2 Å². The number of aryl methyl sites for hydroxylation is 2. The van der Waals surface area contributed by atoms with Gasteiger partial charge in [-0.25, -0.2) is 4.98 Å². The third kappa shape index (κ3) is 4.99. The molecule has 0 atom stereocenters. The number of amides is 1. The van der Waals surface area contributed by atoms with Gasteiger partial charge < -0.3 is 19.9 Å². The van der Waals surface area contributed by atoms with Crippen LogP contribution < -0.4 is 19.9 Å². The number of nitrogens with zero attached hydrogens (tertiary/aromatic N) is 3. The Bertz CT molecular complexity index is 1040. The number of ether oxygens (including phenoxy) is 1. The Balaban J connectivity index is 1.32. The van der Waals surface area contributed by atoms with Gasteiger partial charge in [0.15, 0.2) is 5.13 Å². The van der Waals surface area contributed by atoms with Crippen LogP contribution in [0.4, 0.5) is 10.8 Å². The highest BCUT2D eigenvalue weighted by Crippen LogP contribution is 2.25. The van der Waals surface area contributed by atoms with E-state index in [4.69, 9.17) is 4.74 Å². The zero-order valence-electron chi connectivity index (χ0n) is 18.2. The van der Waals surface area contributed by atoms with Crippen LogP contribution in [0.25, 0.3) is 0 Å². The number of piperazine rings is 1. The molecule has 0 unspecified atom stereocenters. The van der Waals surface area contributed by atoms with Crippen molar-refractivity contribution in [1.82, 2.24) is 10.3 Å². The molecule has 0 spiro atoms. The summed E-state index contributed by atoms with van der Waals surface area (Å²) in [5.74, 6) is 0.744. The highest BCUT2D eigenvalue weighted by atomic mass is 32.1. The summed E-state index contributed by atoms with van der Waals surface area (Å²) >= 11 is 1.53. The van der Waals surface area contributed by atoms with Gasteiger partial charge in [0.25, 0.3) is 5.91 Å². The number of methoxy groups -OCH3 is 1. The molecule has 7 heteroatoms. The second-order valence-corrected chi connectivity index (χ2v) is 8.64. The summed E-state index contributed by atoms with van der Waals surface area (Å²) in [5, 5.41) is 5.77. The van der Waals surface area contributed by atoms with E-state index >= 15 is 0 Å². The first-order chi connectivity index (χ1) is 15.0. The summed E-state index contributed by atoms with van der Waals surface area (Å²) in [6, 6.07) is 14.5. The number of hydrogen-bond donors (Lipinski definition) is 1. The van der Waals surface area contributed by atoms with Crippen LogP contribution in [-0.2, 0) is 6.54 Å². The van der Waals surface area contributed by atoms with Crippen molar-refractivity contribution in [2.24, 2.45) is 0 Å². The van der Waals surface area contributed by atoms with E-state index in [1.165, 1.54) is 28.2 Å². The average molecular weight is 437 g/mol. The van der Waals surface area contributed by atoms with Crippen molar-refractivity contribution < 1.29 is 9.53 Å². The molecule has 1 N–H and O–H groups in total. The largest absolute Gasteiger partial charge is 0.497 e. The summed E-state index contributed by atoms with van der Waals surface area (Å²) in [4.78, 5) is 21.8. The molecule has 0 bridgehead atoms. The van der Waals surface area contributed by atoms with Gasteiger partial charge in [-0.3, -0.25) is 4.79 Å². The first-order valence-corrected chi connectivity index (χ1v) is 11.4. The molecule has 2 aromatic carbocycles. The van der Waals surface area contributed by atoms with Crippen molar-refractivity contribution in [3.63, 3.8) is 0 Å². The second-order valence-electron chi connectivity index (χ2n) is 7.80. The zero-order chi connectivity index (χ0) is 21.8. The maximum atomic E-state index is 12.6. The van der Waals surface area contributed by atoms with E-state index in [1.54, 1.807) is 7.11 Å². The Kier molecular flexibility index (Phi) is 6.42. The molecule has 1 fully saturated rings. The maximum Gasteiger partial charge on any atom is 0.271 e. The van der Waals surface area contributed by atoms with E-state index in [-0.39, 0.29) is 5.91 Å². The molecule has 6 nitrogen and oxygen atoms in total. The lowest BCUT2D eigenvalue weighted by Crippen LogP contribution is -2.46. The average Bonchev–Trinajstić information content (AvgIpc) is 3.30. The maximum absolute atomic E-state index is 12.6. The molecular weight excluding hydrogens is 408 g/mol. The van der Waals surface area contributed by atoms with E-state index in [0.29, 0.717) is 12.2 Å². The number of aromatic nitrogens is 1. The van der Waals surface area contributed by atoms with E-state index in [0.717, 1.165) is 42.6 Å². The molecule has 0 saturated carbocycles. The Morgan fingerprint density at radius 3 is 2.48 bits per heavy atom. The summed E-state index contributed by atoms with van der Waals surface area (Å²) in [5.41, 5.74) is 5.20. The molecule has 0 aliphatic carbocycles. The lowest BCUT2D eigenvalue weighted by atomic mass is 10.1. The topological polar surface area (TPSA) is 57.7 Å². The quantitative estimate of drug-likeness (QED) is 0.632. The number of anilines is 2. The lowest BCUT2D eigenvalue weighted by Gasteiger charge is -2.36. The number of carbonyl (C=O) groups excluding carboxylic acids is 1.